The summed E-state index contributed by atoms with van der Waals surface area (Å²) in [4.78, 5) is 10.5. The van der Waals surface area contributed by atoms with Crippen LogP contribution in [0, 0.1) is 0 Å². The summed E-state index contributed by atoms with van der Waals surface area (Å²) in [6.07, 6.45) is -0.936. The van der Waals surface area contributed by atoms with E-state index in [0.29, 0.717) is 15.8 Å². The summed E-state index contributed by atoms with van der Waals surface area (Å²) >= 11 is 11.4. The Kier molecular flexibility index (Phi) is 8.49. The van der Waals surface area contributed by atoms with Gasteiger partial charge >= 0.3 is 5.97 Å². The summed E-state index contributed by atoms with van der Waals surface area (Å²) in [5, 5.41) is 24.6. The number of hydrogen-bond donors (Lipinski definition) is 3. The molecule has 0 aliphatic rings. The number of carboxylic acid groups (broad SMARTS) is 1. The molecule has 0 bridgehead atoms. The van der Waals surface area contributed by atoms with Gasteiger partial charge in [-0.2, -0.15) is 0 Å². The number of halogens is 2. The normalized spacial score (nSPS) is 11.2. The van der Waals surface area contributed by atoms with Crippen molar-refractivity contribution in [1.82, 2.24) is 0 Å². The van der Waals surface area contributed by atoms with Gasteiger partial charge in [-0.15, -0.1) is 0 Å². The van der Waals surface area contributed by atoms with Crippen molar-refractivity contribution >= 4 is 29.2 Å². The van der Waals surface area contributed by atoms with Gasteiger partial charge in [-0.25, -0.2) is 4.79 Å². The maximum atomic E-state index is 10.5. The molecule has 0 radical (unpaired) electrons. The fourth-order valence-corrected chi connectivity index (χ4v) is 1.26. The minimum atomic E-state index is -1.05. The zero-order chi connectivity index (χ0) is 14.1. The van der Waals surface area contributed by atoms with Gasteiger partial charge in [-0.3, -0.25) is 0 Å². The summed E-state index contributed by atoms with van der Waals surface area (Å²) in [5.74, 6) is -0.734. The van der Waals surface area contributed by atoms with Gasteiger partial charge in [0, 0.05) is 5.02 Å². The zero-order valence-corrected chi connectivity index (χ0v) is 11.1. The molecule has 1 unspecified atom stereocenters. The lowest BCUT2D eigenvalue weighted by Gasteiger charge is -2.11. The number of aliphatic carboxylic acids is 1. The average molecular weight is 297 g/mol. The van der Waals surface area contributed by atoms with E-state index < -0.39 is 12.1 Å². The van der Waals surface area contributed by atoms with Gasteiger partial charge < -0.3 is 20.1 Å². The number of carbonyl (C=O) groups is 1. The predicted molar refractivity (Wildman–Crippen MR) is 68.4 cm³/mol. The fraction of sp³-hybridized carbons (Fsp3) is 0.364. The second-order valence-corrected chi connectivity index (χ2v) is 3.96. The van der Waals surface area contributed by atoms with E-state index in [9.17, 15) is 4.79 Å². The summed E-state index contributed by atoms with van der Waals surface area (Å²) in [7, 11) is 0. The molecule has 0 saturated carbocycles. The molecule has 0 amide bonds. The number of aliphatic hydroxyl groups is 2. The van der Waals surface area contributed by atoms with Gasteiger partial charge in [-0.1, -0.05) is 23.2 Å². The molecular weight excluding hydrogens is 283 g/mol. The fourth-order valence-electron chi connectivity index (χ4n) is 0.812. The monoisotopic (exact) mass is 296 g/mol. The topological polar surface area (TPSA) is 87.0 Å². The molecule has 5 nitrogen and oxygen atoms in total. The van der Waals surface area contributed by atoms with E-state index >= 15 is 0 Å². The zero-order valence-electron chi connectivity index (χ0n) is 9.64. The Balaban J connectivity index is 0.000000631. The van der Waals surface area contributed by atoms with Gasteiger partial charge in [-0.05, 0) is 25.1 Å². The lowest BCUT2D eigenvalue weighted by molar-refractivity contribution is -0.144. The third-order valence-electron chi connectivity index (χ3n) is 1.65. The Bertz CT molecular complexity index is 382. The van der Waals surface area contributed by atoms with Crippen LogP contribution in [0.15, 0.2) is 18.2 Å². The molecular formula is C11H14Cl2O5. The van der Waals surface area contributed by atoms with Crippen LogP contribution in [0.5, 0.6) is 5.75 Å². The molecule has 0 heterocycles. The number of carboxylic acids is 1. The van der Waals surface area contributed by atoms with Crippen LogP contribution in [0.1, 0.15) is 6.92 Å². The van der Waals surface area contributed by atoms with Crippen molar-refractivity contribution in [3.63, 3.8) is 0 Å². The summed E-state index contributed by atoms with van der Waals surface area (Å²) in [5.41, 5.74) is 0. The molecule has 0 aliphatic carbocycles. The van der Waals surface area contributed by atoms with E-state index in [-0.39, 0.29) is 13.2 Å². The molecule has 7 heteroatoms. The average Bonchev–Trinajstić information content (AvgIpc) is 2.32. The van der Waals surface area contributed by atoms with Gasteiger partial charge in [0.25, 0.3) is 0 Å². The Hall–Kier alpha value is -1.01. The van der Waals surface area contributed by atoms with Crippen LogP contribution in [0.2, 0.25) is 10.0 Å². The van der Waals surface area contributed by atoms with Crippen LogP contribution in [0.4, 0.5) is 0 Å². The molecule has 1 aromatic rings. The van der Waals surface area contributed by atoms with Crippen molar-refractivity contribution < 1.29 is 24.9 Å². The van der Waals surface area contributed by atoms with Gasteiger partial charge in [0.1, 0.15) is 5.75 Å². The quantitative estimate of drug-likeness (QED) is 0.789. The van der Waals surface area contributed by atoms with Gasteiger partial charge in [0.15, 0.2) is 6.10 Å². The number of rotatable bonds is 4. The lowest BCUT2D eigenvalue weighted by Crippen LogP contribution is -2.22. The third kappa shape index (κ3) is 6.66. The van der Waals surface area contributed by atoms with Crippen LogP contribution in [-0.2, 0) is 4.79 Å². The molecule has 0 fully saturated rings. The van der Waals surface area contributed by atoms with Crippen LogP contribution >= 0.6 is 23.2 Å². The number of hydrogen-bond acceptors (Lipinski definition) is 4. The third-order valence-corrected chi connectivity index (χ3v) is 2.18. The molecule has 0 saturated heterocycles. The van der Waals surface area contributed by atoms with Crippen molar-refractivity contribution in [3.05, 3.63) is 28.2 Å². The van der Waals surface area contributed by atoms with E-state index in [1.807, 2.05) is 0 Å². The largest absolute Gasteiger partial charge is 0.479 e. The maximum Gasteiger partial charge on any atom is 0.344 e. The summed E-state index contributed by atoms with van der Waals surface area (Å²) < 4.78 is 5.07. The van der Waals surface area contributed by atoms with E-state index in [0.717, 1.165) is 0 Å². The van der Waals surface area contributed by atoms with E-state index in [4.69, 9.17) is 43.3 Å². The second-order valence-electron chi connectivity index (χ2n) is 3.12. The molecule has 1 rings (SSSR count). The van der Waals surface area contributed by atoms with E-state index in [1.165, 1.54) is 19.1 Å². The maximum absolute atomic E-state index is 10.5. The summed E-state index contributed by atoms with van der Waals surface area (Å²) in [6, 6.07) is 4.61. The first-order valence-corrected chi connectivity index (χ1v) is 5.74. The summed E-state index contributed by atoms with van der Waals surface area (Å²) in [6.45, 7) is 1.17. The van der Waals surface area contributed by atoms with Crippen molar-refractivity contribution in [2.75, 3.05) is 13.2 Å². The molecule has 3 N–H and O–H groups in total. The molecule has 102 valence electrons. The molecule has 18 heavy (non-hydrogen) atoms. The Morgan fingerprint density at radius 3 is 2.28 bits per heavy atom. The smallest absolute Gasteiger partial charge is 0.344 e. The molecule has 0 spiro atoms. The van der Waals surface area contributed by atoms with E-state index in [1.54, 1.807) is 6.07 Å². The van der Waals surface area contributed by atoms with Crippen molar-refractivity contribution in [2.24, 2.45) is 0 Å². The Morgan fingerprint density at radius 2 is 1.89 bits per heavy atom. The van der Waals surface area contributed by atoms with Crippen molar-refractivity contribution in [2.45, 2.75) is 13.0 Å². The number of ether oxygens (including phenoxy) is 1. The molecule has 1 atom stereocenters. The highest BCUT2D eigenvalue weighted by Crippen LogP contribution is 2.28. The SMILES string of the molecule is CC(Oc1ccc(Cl)cc1Cl)C(=O)O.OCCO. The highest BCUT2D eigenvalue weighted by Gasteiger charge is 2.14. The minimum Gasteiger partial charge on any atom is -0.479 e. The Labute approximate surface area is 115 Å². The van der Waals surface area contributed by atoms with Crippen LogP contribution in [-0.4, -0.2) is 40.6 Å². The van der Waals surface area contributed by atoms with Crippen LogP contribution in [0.25, 0.3) is 0 Å². The standard InChI is InChI=1S/C9H8Cl2O3.C2H6O2/c1-5(9(12)13)14-8-3-2-6(10)4-7(8)11;3-1-2-4/h2-5H,1H3,(H,12,13);3-4H,1-2H2. The van der Waals surface area contributed by atoms with Crippen molar-refractivity contribution in [3.8, 4) is 5.75 Å². The van der Waals surface area contributed by atoms with Crippen LogP contribution < -0.4 is 4.74 Å². The molecule has 0 aromatic heterocycles. The van der Waals surface area contributed by atoms with Gasteiger partial charge in [0.2, 0.25) is 0 Å². The Morgan fingerprint density at radius 1 is 1.33 bits per heavy atom. The predicted octanol–water partition coefficient (Wildman–Crippen LogP) is 1.82. The lowest BCUT2D eigenvalue weighted by atomic mass is 10.3. The molecule has 0 aliphatic heterocycles. The number of aliphatic hydroxyl groups excluding tert-OH is 2. The highest BCUT2D eigenvalue weighted by molar-refractivity contribution is 6.35. The van der Waals surface area contributed by atoms with Gasteiger partial charge in [0.05, 0.1) is 18.2 Å². The van der Waals surface area contributed by atoms with E-state index in [2.05, 4.69) is 0 Å². The molecule has 1 aromatic carbocycles. The first-order valence-electron chi connectivity index (χ1n) is 4.98. The minimum absolute atomic E-state index is 0.125. The first-order chi connectivity index (χ1) is 8.42. The first kappa shape index (κ1) is 17.0. The van der Waals surface area contributed by atoms with Crippen LogP contribution in [0.3, 0.4) is 0 Å². The van der Waals surface area contributed by atoms with Crippen molar-refractivity contribution in [1.29, 1.82) is 0 Å². The number of benzene rings is 1. The highest BCUT2D eigenvalue weighted by atomic mass is 35.5. The second kappa shape index (κ2) is 8.99.